The van der Waals surface area contributed by atoms with E-state index in [2.05, 4.69) is 6.07 Å². The molecule has 2 aliphatic rings. The number of aliphatic hydroxyl groups is 2. The van der Waals surface area contributed by atoms with E-state index in [1.807, 2.05) is 82.6 Å². The number of β-lactam (4-membered cyclic amide) rings is 1. The number of hydrogen-bond acceptors (Lipinski definition) is 6. The molecule has 7 heteroatoms. The maximum absolute atomic E-state index is 13.2. The van der Waals surface area contributed by atoms with E-state index in [-0.39, 0.29) is 25.5 Å². The van der Waals surface area contributed by atoms with Crippen LogP contribution in [0.25, 0.3) is 0 Å². The predicted molar refractivity (Wildman–Crippen MR) is 135 cm³/mol. The van der Waals surface area contributed by atoms with Gasteiger partial charge in [0.15, 0.2) is 0 Å². The molecule has 2 unspecified atom stereocenters. The molecular formula is C29H30N2O5. The smallest absolute Gasteiger partial charge is 0.311 e. The minimum absolute atomic E-state index is 0.0210. The van der Waals surface area contributed by atoms with Crippen LogP contribution in [-0.4, -0.2) is 65.9 Å². The summed E-state index contributed by atoms with van der Waals surface area (Å²) in [6, 6.07) is 25.3. The second-order valence-corrected chi connectivity index (χ2v) is 9.18. The zero-order chi connectivity index (χ0) is 25.1. The normalized spacial score (nSPS) is 20.2. The Hall–Kier alpha value is -3.68. The van der Waals surface area contributed by atoms with E-state index in [1.54, 1.807) is 0 Å². The van der Waals surface area contributed by atoms with E-state index >= 15 is 0 Å². The molecule has 0 aliphatic carbocycles. The molecule has 0 aromatic heterocycles. The van der Waals surface area contributed by atoms with Crippen LogP contribution in [0.1, 0.15) is 22.3 Å². The van der Waals surface area contributed by atoms with Gasteiger partial charge < -0.3 is 24.7 Å². The average molecular weight is 487 g/mol. The molecule has 1 saturated heterocycles. The second kappa shape index (κ2) is 10.1. The molecule has 0 saturated carbocycles. The minimum atomic E-state index is -0.919. The fourth-order valence-corrected chi connectivity index (χ4v) is 5.55. The van der Waals surface area contributed by atoms with E-state index in [1.165, 1.54) is 0 Å². The van der Waals surface area contributed by atoms with Crippen molar-refractivity contribution in [2.24, 2.45) is 0 Å². The molecule has 5 rings (SSSR count). The zero-order valence-corrected chi connectivity index (χ0v) is 20.0. The quantitative estimate of drug-likeness (QED) is 0.356. The molecule has 7 nitrogen and oxygen atoms in total. The summed E-state index contributed by atoms with van der Waals surface area (Å²) in [6.45, 7) is 1.36. The highest BCUT2D eigenvalue weighted by atomic mass is 16.6. The SMILES string of the molecule is O=C(Cc1ccc(N(CCO)CCO)cc1)OC1C(=O)N2CCc3ccccc3C12c1ccccc1. The Balaban J connectivity index is 1.38. The van der Waals surface area contributed by atoms with Crippen LogP contribution in [0.3, 0.4) is 0 Å². The number of benzene rings is 3. The van der Waals surface area contributed by atoms with Crippen molar-refractivity contribution in [3.63, 3.8) is 0 Å². The van der Waals surface area contributed by atoms with Gasteiger partial charge in [-0.15, -0.1) is 0 Å². The number of anilines is 1. The fraction of sp³-hybridized carbons (Fsp3) is 0.310. The van der Waals surface area contributed by atoms with Gasteiger partial charge in [0.05, 0.1) is 19.6 Å². The minimum Gasteiger partial charge on any atom is -0.449 e. The van der Waals surface area contributed by atoms with E-state index in [4.69, 9.17) is 4.74 Å². The van der Waals surface area contributed by atoms with Crippen molar-refractivity contribution in [3.8, 4) is 0 Å². The van der Waals surface area contributed by atoms with Crippen molar-refractivity contribution in [2.75, 3.05) is 37.7 Å². The third-order valence-electron chi connectivity index (χ3n) is 7.18. The lowest BCUT2D eigenvalue weighted by Crippen LogP contribution is -2.75. The Morgan fingerprint density at radius 3 is 2.31 bits per heavy atom. The van der Waals surface area contributed by atoms with Gasteiger partial charge in [-0.25, -0.2) is 0 Å². The molecule has 0 spiro atoms. The third-order valence-corrected chi connectivity index (χ3v) is 7.18. The summed E-state index contributed by atoms with van der Waals surface area (Å²) >= 11 is 0. The van der Waals surface area contributed by atoms with Crippen LogP contribution in [-0.2, 0) is 32.7 Å². The van der Waals surface area contributed by atoms with Crippen molar-refractivity contribution in [2.45, 2.75) is 24.5 Å². The highest BCUT2D eigenvalue weighted by Gasteiger charge is 2.66. The molecule has 0 bridgehead atoms. The highest BCUT2D eigenvalue weighted by Crippen LogP contribution is 2.52. The van der Waals surface area contributed by atoms with Crippen LogP contribution in [0.15, 0.2) is 78.9 Å². The lowest BCUT2D eigenvalue weighted by atomic mass is 9.66. The first-order valence-corrected chi connectivity index (χ1v) is 12.3. The number of carbonyl (C=O) groups is 2. The van der Waals surface area contributed by atoms with Gasteiger partial charge in [0.25, 0.3) is 5.91 Å². The number of ether oxygens (including phenoxy) is 1. The van der Waals surface area contributed by atoms with Gasteiger partial charge in [0.2, 0.25) is 6.10 Å². The molecule has 3 aromatic rings. The lowest BCUT2D eigenvalue weighted by molar-refractivity contribution is -0.197. The van der Waals surface area contributed by atoms with Crippen molar-refractivity contribution in [3.05, 3.63) is 101 Å². The first kappa shape index (κ1) is 24.0. The maximum Gasteiger partial charge on any atom is 0.311 e. The van der Waals surface area contributed by atoms with Crippen LogP contribution in [0.5, 0.6) is 0 Å². The fourth-order valence-electron chi connectivity index (χ4n) is 5.55. The van der Waals surface area contributed by atoms with E-state index in [0.717, 1.165) is 34.4 Å². The van der Waals surface area contributed by atoms with Crippen LogP contribution in [0, 0.1) is 0 Å². The zero-order valence-electron chi connectivity index (χ0n) is 20.0. The molecule has 0 radical (unpaired) electrons. The van der Waals surface area contributed by atoms with Gasteiger partial charge in [0, 0.05) is 25.3 Å². The summed E-state index contributed by atoms with van der Waals surface area (Å²) in [5.74, 6) is -0.623. The maximum atomic E-state index is 13.2. The van der Waals surface area contributed by atoms with Crippen LogP contribution < -0.4 is 4.90 Å². The Morgan fingerprint density at radius 2 is 1.61 bits per heavy atom. The number of amides is 1. The molecule has 36 heavy (non-hydrogen) atoms. The van der Waals surface area contributed by atoms with Gasteiger partial charge >= 0.3 is 5.97 Å². The molecule has 2 heterocycles. The predicted octanol–water partition coefficient (Wildman–Crippen LogP) is 2.27. The van der Waals surface area contributed by atoms with Gasteiger partial charge in [-0.1, -0.05) is 66.7 Å². The molecule has 1 amide bonds. The largest absolute Gasteiger partial charge is 0.449 e. The van der Waals surface area contributed by atoms with Crippen LogP contribution >= 0.6 is 0 Å². The third kappa shape index (κ3) is 4.04. The molecule has 2 N–H and O–H groups in total. The van der Waals surface area contributed by atoms with Gasteiger partial charge in [-0.2, -0.15) is 0 Å². The number of hydrogen-bond donors (Lipinski definition) is 2. The summed E-state index contributed by atoms with van der Waals surface area (Å²) < 4.78 is 5.93. The second-order valence-electron chi connectivity index (χ2n) is 9.18. The highest BCUT2D eigenvalue weighted by molar-refractivity contribution is 5.95. The standard InChI is InChI=1S/C29H30N2O5/c32-18-16-30(17-19-33)24-12-10-21(11-13-24)20-26(34)36-27-28(35)31-15-14-22-6-4-5-9-25(22)29(27,31)23-7-2-1-3-8-23/h1-13,27,32-33H,14-20H2. The number of rotatable bonds is 9. The van der Waals surface area contributed by atoms with Crippen LogP contribution in [0.4, 0.5) is 5.69 Å². The monoisotopic (exact) mass is 486 g/mol. The summed E-state index contributed by atoms with van der Waals surface area (Å²) in [5.41, 5.74) is 3.91. The Labute approximate surface area is 210 Å². The number of esters is 1. The van der Waals surface area contributed by atoms with Crippen molar-refractivity contribution in [1.82, 2.24) is 4.90 Å². The topological polar surface area (TPSA) is 90.3 Å². The Morgan fingerprint density at radius 1 is 0.944 bits per heavy atom. The van der Waals surface area contributed by atoms with Gasteiger partial charge in [-0.3, -0.25) is 9.59 Å². The molecule has 2 atom stereocenters. The van der Waals surface area contributed by atoms with Crippen molar-refractivity contribution in [1.29, 1.82) is 0 Å². The lowest BCUT2D eigenvalue weighted by Gasteiger charge is -2.59. The van der Waals surface area contributed by atoms with Gasteiger partial charge in [-0.05, 0) is 40.8 Å². The van der Waals surface area contributed by atoms with Crippen LogP contribution in [0.2, 0.25) is 0 Å². The number of carbonyl (C=O) groups excluding carboxylic acids is 2. The molecular weight excluding hydrogens is 456 g/mol. The first-order valence-electron chi connectivity index (χ1n) is 12.3. The molecule has 3 aromatic carbocycles. The van der Waals surface area contributed by atoms with Gasteiger partial charge in [0.1, 0.15) is 5.54 Å². The van der Waals surface area contributed by atoms with E-state index in [0.29, 0.717) is 19.6 Å². The molecule has 186 valence electrons. The van der Waals surface area contributed by atoms with Crippen molar-refractivity contribution >= 4 is 17.6 Å². The summed E-state index contributed by atoms with van der Waals surface area (Å²) in [6.07, 6.45) is -0.110. The first-order chi connectivity index (χ1) is 17.6. The summed E-state index contributed by atoms with van der Waals surface area (Å²) in [4.78, 5) is 30.0. The average Bonchev–Trinajstić information content (AvgIpc) is 2.91. The Bertz CT molecular complexity index is 1220. The summed E-state index contributed by atoms with van der Waals surface area (Å²) in [7, 11) is 0. The Kier molecular flexibility index (Phi) is 6.76. The summed E-state index contributed by atoms with van der Waals surface area (Å²) in [5, 5.41) is 18.5. The number of fused-ring (bicyclic) bond motifs is 3. The molecule has 1 fully saturated rings. The van der Waals surface area contributed by atoms with E-state index in [9.17, 15) is 19.8 Å². The number of aliphatic hydroxyl groups excluding tert-OH is 2. The molecule has 2 aliphatic heterocycles. The van der Waals surface area contributed by atoms with E-state index < -0.39 is 17.6 Å². The number of nitrogens with zero attached hydrogens (tertiary/aromatic N) is 2. The van der Waals surface area contributed by atoms with Crippen molar-refractivity contribution < 1.29 is 24.5 Å².